The molecule has 0 saturated carbocycles. The quantitative estimate of drug-likeness (QED) is 0.442. The number of aromatic nitrogens is 2. The van der Waals surface area contributed by atoms with Gasteiger partial charge in [0, 0.05) is 47.4 Å². The number of morpholine rings is 1. The van der Waals surface area contributed by atoms with E-state index in [1.165, 1.54) is 0 Å². The van der Waals surface area contributed by atoms with Crippen LogP contribution >= 0.6 is 15.9 Å². The molecule has 1 aromatic carbocycles. The number of aromatic amines is 1. The molecule has 1 aliphatic rings. The zero-order valence-corrected chi connectivity index (χ0v) is 19.1. The number of rotatable bonds is 6. The minimum absolute atomic E-state index is 0.0299. The number of pyridine rings is 1. The molecule has 3 aromatic rings. The molecule has 2 amide bonds. The Hall–Kier alpha value is -2.80. The second kappa shape index (κ2) is 8.98. The normalized spacial score (nSPS) is 17.3. The summed E-state index contributed by atoms with van der Waals surface area (Å²) in [5.74, 6) is -1.33. The first-order valence-electron chi connectivity index (χ1n) is 9.67. The first-order chi connectivity index (χ1) is 15.3. The summed E-state index contributed by atoms with van der Waals surface area (Å²) in [5.41, 5.74) is 6.51. The molecule has 1 aliphatic heterocycles. The summed E-state index contributed by atoms with van der Waals surface area (Å²) in [5, 5.41) is 3.06. The Balaban J connectivity index is 1.59. The smallest absolute Gasteiger partial charge is 0.266 e. The van der Waals surface area contributed by atoms with Crippen LogP contribution in [0.5, 0.6) is 0 Å². The maximum atomic E-state index is 13.5. The number of halogens is 1. The van der Waals surface area contributed by atoms with Crippen LogP contribution in [0, 0.1) is 0 Å². The number of carbonyl (C=O) groups is 2. The van der Waals surface area contributed by atoms with Gasteiger partial charge in [0.1, 0.15) is 16.7 Å². The monoisotopic (exact) mass is 521 g/mol. The second-order valence-electron chi connectivity index (χ2n) is 7.18. The van der Waals surface area contributed by atoms with Gasteiger partial charge in [-0.1, -0.05) is 22.0 Å². The largest absolute Gasteiger partial charge is 0.366 e. The van der Waals surface area contributed by atoms with Crippen LogP contribution in [0.2, 0.25) is 0 Å². The lowest BCUT2D eigenvalue weighted by atomic mass is 10.2. The number of benzene rings is 1. The lowest BCUT2D eigenvalue weighted by Gasteiger charge is -2.31. The van der Waals surface area contributed by atoms with Crippen LogP contribution in [0.15, 0.2) is 52.1 Å². The maximum absolute atomic E-state index is 13.5. The van der Waals surface area contributed by atoms with Crippen molar-refractivity contribution in [1.82, 2.24) is 19.6 Å². The third kappa shape index (κ3) is 4.39. The number of primary amides is 1. The van der Waals surface area contributed by atoms with Crippen LogP contribution < -0.4 is 11.1 Å². The van der Waals surface area contributed by atoms with Crippen LogP contribution in [0.25, 0.3) is 10.9 Å². The molecular weight excluding hydrogens is 502 g/mol. The number of hydrogen-bond acceptors (Lipinski definition) is 6. The second-order valence-corrected chi connectivity index (χ2v) is 9.98. The van der Waals surface area contributed by atoms with Gasteiger partial charge in [-0.15, -0.1) is 0 Å². The molecule has 0 aliphatic carbocycles. The molecule has 1 fully saturated rings. The van der Waals surface area contributed by atoms with E-state index < -0.39 is 27.9 Å². The van der Waals surface area contributed by atoms with E-state index in [2.05, 4.69) is 31.2 Å². The fourth-order valence-electron chi connectivity index (χ4n) is 3.52. The molecule has 0 spiro atoms. The van der Waals surface area contributed by atoms with Gasteiger partial charge in [0.25, 0.3) is 11.8 Å². The van der Waals surface area contributed by atoms with Crippen molar-refractivity contribution >= 4 is 48.7 Å². The average molecular weight is 522 g/mol. The van der Waals surface area contributed by atoms with Crippen molar-refractivity contribution in [2.24, 2.45) is 5.73 Å². The molecule has 3 heterocycles. The Kier molecular flexibility index (Phi) is 6.29. The molecule has 1 atom stereocenters. The first kappa shape index (κ1) is 22.4. The molecule has 168 valence electrons. The molecule has 1 unspecified atom stereocenters. The van der Waals surface area contributed by atoms with Crippen molar-refractivity contribution in [2.75, 3.05) is 19.7 Å². The predicted octanol–water partition coefficient (Wildman–Crippen LogP) is 1.13. The first-order valence-corrected chi connectivity index (χ1v) is 11.9. The van der Waals surface area contributed by atoms with Crippen LogP contribution in [-0.4, -0.2) is 60.3 Å². The maximum Gasteiger partial charge on any atom is 0.266 e. The van der Waals surface area contributed by atoms with Gasteiger partial charge in [-0.3, -0.25) is 14.6 Å². The van der Waals surface area contributed by atoms with E-state index in [1.807, 2.05) is 6.07 Å². The highest BCUT2D eigenvalue weighted by molar-refractivity contribution is 9.10. The number of hydrogen-bond donors (Lipinski definition) is 3. The van der Waals surface area contributed by atoms with Crippen LogP contribution in [0.4, 0.5) is 0 Å². The van der Waals surface area contributed by atoms with Crippen molar-refractivity contribution < 1.29 is 22.7 Å². The van der Waals surface area contributed by atoms with Crippen molar-refractivity contribution in [3.63, 3.8) is 0 Å². The van der Waals surface area contributed by atoms with Crippen molar-refractivity contribution in [1.29, 1.82) is 0 Å². The summed E-state index contributed by atoms with van der Waals surface area (Å²) in [6.07, 6.45) is 2.26. The fourth-order valence-corrected chi connectivity index (χ4v) is 5.64. The fraction of sp³-hybridized carbons (Fsp3) is 0.250. The number of nitrogens with zero attached hydrogens (tertiary/aromatic N) is 2. The minimum Gasteiger partial charge on any atom is -0.366 e. The Morgan fingerprint density at radius 3 is 2.88 bits per heavy atom. The minimum atomic E-state index is -4.16. The summed E-state index contributed by atoms with van der Waals surface area (Å²) in [4.78, 5) is 31.2. The number of amides is 2. The number of ether oxygens (including phenoxy) is 1. The third-order valence-electron chi connectivity index (χ3n) is 5.07. The van der Waals surface area contributed by atoms with E-state index in [4.69, 9.17) is 10.5 Å². The molecule has 1 saturated heterocycles. The number of carbonyl (C=O) groups excluding carboxylic acids is 2. The zero-order valence-electron chi connectivity index (χ0n) is 16.7. The van der Waals surface area contributed by atoms with Crippen LogP contribution in [-0.2, 0) is 26.1 Å². The van der Waals surface area contributed by atoms with E-state index in [0.717, 1.165) is 9.87 Å². The van der Waals surface area contributed by atoms with Gasteiger partial charge in [-0.05, 0) is 29.8 Å². The Bertz CT molecular complexity index is 1280. The summed E-state index contributed by atoms with van der Waals surface area (Å²) in [6, 6.07) is 8.54. The highest BCUT2D eigenvalue weighted by atomic mass is 79.9. The SMILES string of the molecule is NC(=O)c1[nH]c2ccc(Br)cc2c1S(=O)(=O)N1CCOC(C(=O)NCc2cccnc2)C1. The number of H-pyrrole nitrogens is 1. The average Bonchev–Trinajstić information content (AvgIpc) is 3.18. The highest BCUT2D eigenvalue weighted by Crippen LogP contribution is 2.32. The molecule has 4 N–H and O–H groups in total. The van der Waals surface area contributed by atoms with E-state index in [1.54, 1.807) is 36.7 Å². The van der Waals surface area contributed by atoms with Crippen LogP contribution in [0.3, 0.4) is 0 Å². The van der Waals surface area contributed by atoms with Gasteiger partial charge in [0.15, 0.2) is 0 Å². The van der Waals surface area contributed by atoms with Crippen molar-refractivity contribution in [3.05, 3.63) is 58.5 Å². The topological polar surface area (TPSA) is 147 Å². The number of nitrogens with one attached hydrogen (secondary N) is 2. The van der Waals surface area contributed by atoms with E-state index in [0.29, 0.717) is 15.4 Å². The van der Waals surface area contributed by atoms with E-state index in [-0.39, 0.29) is 36.8 Å². The summed E-state index contributed by atoms with van der Waals surface area (Å²) in [6.45, 7) is 0.109. The van der Waals surface area contributed by atoms with Gasteiger partial charge < -0.3 is 20.8 Å². The lowest BCUT2D eigenvalue weighted by molar-refractivity contribution is -0.136. The third-order valence-corrected chi connectivity index (χ3v) is 7.51. The number of fused-ring (bicyclic) bond motifs is 1. The van der Waals surface area contributed by atoms with Gasteiger partial charge in [0.05, 0.1) is 6.61 Å². The molecule has 0 radical (unpaired) electrons. The number of nitrogens with two attached hydrogens (primary N) is 1. The van der Waals surface area contributed by atoms with E-state index in [9.17, 15) is 18.0 Å². The Morgan fingerprint density at radius 1 is 1.34 bits per heavy atom. The Labute approximate surface area is 192 Å². The summed E-state index contributed by atoms with van der Waals surface area (Å²) < 4.78 is 34.4. The van der Waals surface area contributed by atoms with Gasteiger partial charge in [-0.2, -0.15) is 4.31 Å². The highest BCUT2D eigenvalue weighted by Gasteiger charge is 2.37. The van der Waals surface area contributed by atoms with Crippen LogP contribution in [0.1, 0.15) is 16.1 Å². The predicted molar refractivity (Wildman–Crippen MR) is 119 cm³/mol. The molecule has 10 nitrogen and oxygen atoms in total. The summed E-state index contributed by atoms with van der Waals surface area (Å²) >= 11 is 3.32. The molecular formula is C20H20BrN5O5S. The number of sulfonamides is 1. The van der Waals surface area contributed by atoms with E-state index >= 15 is 0 Å². The van der Waals surface area contributed by atoms with Crippen molar-refractivity contribution in [3.8, 4) is 0 Å². The van der Waals surface area contributed by atoms with Gasteiger partial charge in [-0.25, -0.2) is 8.42 Å². The molecule has 2 aromatic heterocycles. The molecule has 4 rings (SSSR count). The molecule has 0 bridgehead atoms. The van der Waals surface area contributed by atoms with Gasteiger partial charge >= 0.3 is 0 Å². The van der Waals surface area contributed by atoms with Crippen molar-refractivity contribution in [2.45, 2.75) is 17.5 Å². The standard InChI is InChI=1S/C20H20BrN5O5S/c21-13-3-4-15-14(8-13)18(17(25-15)19(22)27)32(29,30)26-6-7-31-16(11-26)20(28)24-10-12-2-1-5-23-9-12/h1-5,8-9,16,25H,6-7,10-11H2,(H2,22,27)(H,24,28). The zero-order chi connectivity index (χ0) is 22.9. The lowest BCUT2D eigenvalue weighted by Crippen LogP contribution is -2.51. The Morgan fingerprint density at radius 2 is 2.16 bits per heavy atom. The van der Waals surface area contributed by atoms with Gasteiger partial charge in [0.2, 0.25) is 10.0 Å². The summed E-state index contributed by atoms with van der Waals surface area (Å²) in [7, 11) is -4.16. The molecule has 12 heteroatoms. The molecule has 32 heavy (non-hydrogen) atoms.